The zero-order valence-corrected chi connectivity index (χ0v) is 12.3. The standard InChI is InChI=1S/C14H21N3O4/c1-3-5-10(14(20)21)9-15-13(19)11-6-7-12(18)17(16-11)8-4-2/h6-7,10H,3-5,8-9H2,1-2H3,(H,15,19)(H,20,21). The number of hydrogen-bond donors (Lipinski definition) is 2. The Balaban J connectivity index is 2.73. The molecule has 0 aliphatic rings. The number of carbonyl (C=O) groups is 2. The Hall–Kier alpha value is -2.18. The van der Waals surface area contributed by atoms with Crippen LogP contribution < -0.4 is 10.9 Å². The van der Waals surface area contributed by atoms with E-state index in [9.17, 15) is 14.4 Å². The van der Waals surface area contributed by atoms with Crippen LogP contribution in [0.1, 0.15) is 43.6 Å². The summed E-state index contributed by atoms with van der Waals surface area (Å²) in [5.74, 6) is -2.01. The lowest BCUT2D eigenvalue weighted by atomic mass is 10.0. The Morgan fingerprint density at radius 2 is 2.05 bits per heavy atom. The third-order valence-corrected chi connectivity index (χ3v) is 3.03. The molecular weight excluding hydrogens is 274 g/mol. The molecule has 1 amide bonds. The maximum atomic E-state index is 12.0. The Bertz CT molecular complexity index is 553. The van der Waals surface area contributed by atoms with Gasteiger partial charge in [-0.3, -0.25) is 14.4 Å². The Kier molecular flexibility index (Phi) is 6.58. The molecule has 0 aliphatic carbocycles. The van der Waals surface area contributed by atoms with E-state index < -0.39 is 17.8 Å². The number of carboxylic acid groups (broad SMARTS) is 1. The Morgan fingerprint density at radius 3 is 2.62 bits per heavy atom. The minimum atomic E-state index is -0.930. The van der Waals surface area contributed by atoms with Gasteiger partial charge in [-0.1, -0.05) is 20.3 Å². The van der Waals surface area contributed by atoms with Crippen LogP contribution in [0, 0.1) is 5.92 Å². The van der Waals surface area contributed by atoms with Gasteiger partial charge in [-0.2, -0.15) is 5.10 Å². The van der Waals surface area contributed by atoms with Gasteiger partial charge in [0.05, 0.1) is 5.92 Å². The summed E-state index contributed by atoms with van der Waals surface area (Å²) in [6, 6.07) is 2.64. The van der Waals surface area contributed by atoms with Crippen LogP contribution in [0.25, 0.3) is 0 Å². The quantitative estimate of drug-likeness (QED) is 0.741. The minimum Gasteiger partial charge on any atom is -0.481 e. The summed E-state index contributed by atoms with van der Waals surface area (Å²) < 4.78 is 1.23. The maximum Gasteiger partial charge on any atom is 0.308 e. The number of carbonyl (C=O) groups excluding carboxylic acids is 1. The van der Waals surface area contributed by atoms with Crippen molar-refractivity contribution in [3.8, 4) is 0 Å². The van der Waals surface area contributed by atoms with Gasteiger partial charge >= 0.3 is 5.97 Å². The van der Waals surface area contributed by atoms with Crippen molar-refractivity contribution >= 4 is 11.9 Å². The predicted octanol–water partition coefficient (Wildman–Crippen LogP) is 0.884. The molecule has 0 radical (unpaired) electrons. The van der Waals surface area contributed by atoms with Crippen molar-refractivity contribution in [3.05, 3.63) is 28.2 Å². The largest absolute Gasteiger partial charge is 0.481 e. The first kappa shape index (κ1) is 16.9. The number of aromatic nitrogens is 2. The molecule has 0 aliphatic heterocycles. The van der Waals surface area contributed by atoms with Gasteiger partial charge in [-0.05, 0) is 18.9 Å². The minimum absolute atomic E-state index is 0.0522. The molecule has 1 aromatic heterocycles. The second kappa shape index (κ2) is 8.18. The molecule has 1 rings (SSSR count). The highest BCUT2D eigenvalue weighted by Gasteiger charge is 2.18. The zero-order valence-electron chi connectivity index (χ0n) is 12.3. The number of nitrogens with zero attached hydrogens (tertiary/aromatic N) is 2. The first-order chi connectivity index (χ1) is 9.99. The fraction of sp³-hybridized carbons (Fsp3) is 0.571. The molecule has 0 bridgehead atoms. The number of rotatable bonds is 8. The SMILES string of the molecule is CCCC(CNC(=O)c1ccc(=O)n(CCC)n1)C(=O)O. The van der Waals surface area contributed by atoms with Gasteiger partial charge in [0, 0.05) is 19.2 Å². The molecule has 0 fully saturated rings. The van der Waals surface area contributed by atoms with Crippen LogP contribution in [0.3, 0.4) is 0 Å². The first-order valence-corrected chi connectivity index (χ1v) is 7.08. The van der Waals surface area contributed by atoms with Gasteiger partial charge in [0.25, 0.3) is 11.5 Å². The third kappa shape index (κ3) is 5.02. The molecule has 0 aromatic carbocycles. The lowest BCUT2D eigenvalue weighted by molar-refractivity contribution is -0.141. The van der Waals surface area contributed by atoms with Crippen molar-refractivity contribution in [3.63, 3.8) is 0 Å². The fourth-order valence-corrected chi connectivity index (χ4v) is 1.91. The van der Waals surface area contributed by atoms with E-state index in [1.807, 2.05) is 13.8 Å². The van der Waals surface area contributed by atoms with Crippen molar-refractivity contribution in [1.82, 2.24) is 15.1 Å². The summed E-state index contributed by atoms with van der Waals surface area (Å²) in [5.41, 5.74) is -0.147. The molecule has 1 unspecified atom stereocenters. The predicted molar refractivity (Wildman–Crippen MR) is 77.2 cm³/mol. The fourth-order valence-electron chi connectivity index (χ4n) is 1.91. The lowest BCUT2D eigenvalue weighted by Gasteiger charge is -2.12. The highest BCUT2D eigenvalue weighted by molar-refractivity contribution is 5.92. The van der Waals surface area contributed by atoms with E-state index in [-0.39, 0.29) is 17.8 Å². The van der Waals surface area contributed by atoms with Crippen molar-refractivity contribution in [1.29, 1.82) is 0 Å². The molecule has 7 heteroatoms. The molecule has 0 saturated heterocycles. The number of carboxylic acids is 1. The summed E-state index contributed by atoms with van der Waals surface area (Å²) in [5, 5.41) is 15.6. The average molecular weight is 295 g/mol. The van der Waals surface area contributed by atoms with E-state index in [1.165, 1.54) is 16.8 Å². The highest BCUT2D eigenvalue weighted by atomic mass is 16.4. The maximum absolute atomic E-state index is 12.0. The van der Waals surface area contributed by atoms with Crippen LogP contribution in [0.5, 0.6) is 0 Å². The molecule has 116 valence electrons. The summed E-state index contributed by atoms with van der Waals surface area (Å²) in [6.45, 7) is 4.28. The zero-order chi connectivity index (χ0) is 15.8. The van der Waals surface area contributed by atoms with Crippen molar-refractivity contribution in [2.45, 2.75) is 39.7 Å². The molecule has 1 atom stereocenters. The molecule has 0 spiro atoms. The summed E-state index contributed by atoms with van der Waals surface area (Å²) in [7, 11) is 0. The van der Waals surface area contributed by atoms with E-state index in [2.05, 4.69) is 10.4 Å². The van der Waals surface area contributed by atoms with Crippen molar-refractivity contribution in [2.75, 3.05) is 6.54 Å². The number of aryl methyl sites for hydroxylation is 1. The molecule has 2 N–H and O–H groups in total. The number of nitrogens with one attached hydrogen (secondary N) is 1. The van der Waals surface area contributed by atoms with E-state index >= 15 is 0 Å². The van der Waals surface area contributed by atoms with Crippen molar-refractivity contribution in [2.24, 2.45) is 5.92 Å². The molecule has 21 heavy (non-hydrogen) atoms. The monoisotopic (exact) mass is 295 g/mol. The topological polar surface area (TPSA) is 101 Å². The second-order valence-corrected chi connectivity index (χ2v) is 4.81. The molecule has 1 aromatic rings. The van der Waals surface area contributed by atoms with E-state index in [0.717, 1.165) is 12.8 Å². The molecule has 0 saturated carbocycles. The van der Waals surface area contributed by atoms with E-state index in [4.69, 9.17) is 5.11 Å². The van der Waals surface area contributed by atoms with Gasteiger partial charge < -0.3 is 10.4 Å². The van der Waals surface area contributed by atoms with Gasteiger partial charge in [-0.15, -0.1) is 0 Å². The van der Waals surface area contributed by atoms with Gasteiger partial charge in [0.1, 0.15) is 5.69 Å². The van der Waals surface area contributed by atoms with Crippen LogP contribution >= 0.6 is 0 Å². The lowest BCUT2D eigenvalue weighted by Crippen LogP contribution is -2.34. The highest BCUT2D eigenvalue weighted by Crippen LogP contribution is 2.05. The second-order valence-electron chi connectivity index (χ2n) is 4.81. The van der Waals surface area contributed by atoms with Gasteiger partial charge in [0.15, 0.2) is 0 Å². The molecule has 7 nitrogen and oxygen atoms in total. The average Bonchev–Trinajstić information content (AvgIpc) is 2.45. The van der Waals surface area contributed by atoms with Crippen LogP contribution in [0.2, 0.25) is 0 Å². The third-order valence-electron chi connectivity index (χ3n) is 3.03. The Morgan fingerprint density at radius 1 is 1.33 bits per heavy atom. The van der Waals surface area contributed by atoms with E-state index in [1.54, 1.807) is 0 Å². The molecular formula is C14H21N3O4. The summed E-state index contributed by atoms with van der Waals surface area (Å²) >= 11 is 0. The Labute approximate surface area is 123 Å². The van der Waals surface area contributed by atoms with Crippen molar-refractivity contribution < 1.29 is 14.7 Å². The van der Waals surface area contributed by atoms with Crippen LogP contribution in [-0.4, -0.2) is 33.3 Å². The van der Waals surface area contributed by atoms with Gasteiger partial charge in [-0.25, -0.2) is 4.68 Å². The van der Waals surface area contributed by atoms with Gasteiger partial charge in [0.2, 0.25) is 0 Å². The summed E-state index contributed by atoms with van der Waals surface area (Å²) in [6.07, 6.45) is 1.96. The summed E-state index contributed by atoms with van der Waals surface area (Å²) in [4.78, 5) is 34.5. The van der Waals surface area contributed by atoms with E-state index in [0.29, 0.717) is 13.0 Å². The number of hydrogen-bond acceptors (Lipinski definition) is 4. The number of aliphatic carboxylic acids is 1. The number of amides is 1. The van der Waals surface area contributed by atoms with Crippen LogP contribution in [0.4, 0.5) is 0 Å². The van der Waals surface area contributed by atoms with Crippen LogP contribution in [-0.2, 0) is 11.3 Å². The normalized spacial score (nSPS) is 11.9. The first-order valence-electron chi connectivity index (χ1n) is 7.08. The van der Waals surface area contributed by atoms with Crippen LogP contribution in [0.15, 0.2) is 16.9 Å². The molecule has 1 heterocycles. The smallest absolute Gasteiger partial charge is 0.308 e.